The van der Waals surface area contributed by atoms with E-state index in [9.17, 15) is 13.6 Å². The molecule has 0 saturated carbocycles. The van der Waals surface area contributed by atoms with E-state index in [0.29, 0.717) is 6.42 Å². The molecule has 0 aliphatic carbocycles. The van der Waals surface area contributed by atoms with Crippen LogP contribution in [0.25, 0.3) is 0 Å². The maximum atomic E-state index is 13.2. The first kappa shape index (κ1) is 14.8. The molecule has 1 atom stereocenters. The summed E-state index contributed by atoms with van der Waals surface area (Å²) >= 11 is 0. The van der Waals surface area contributed by atoms with E-state index in [1.165, 1.54) is 0 Å². The second-order valence-corrected chi connectivity index (χ2v) is 6.06. The third-order valence-electron chi connectivity index (χ3n) is 3.46. The summed E-state index contributed by atoms with van der Waals surface area (Å²) in [5.74, 6) is -1.51. The lowest BCUT2D eigenvalue weighted by Gasteiger charge is -2.27. The summed E-state index contributed by atoms with van der Waals surface area (Å²) < 4.78 is 33.2. The third kappa shape index (κ3) is 2.39. The fourth-order valence-electron chi connectivity index (χ4n) is 2.80. The molecule has 1 aliphatic heterocycles. The zero-order valence-corrected chi connectivity index (χ0v) is 11.7. The fourth-order valence-corrected chi connectivity index (χ4v) is 2.80. The Morgan fingerprint density at radius 1 is 1.45 bits per heavy atom. The summed E-state index contributed by atoms with van der Waals surface area (Å²) in [5, 5.41) is 15.9. The van der Waals surface area contributed by atoms with Crippen molar-refractivity contribution in [3.63, 3.8) is 0 Å². The molecule has 0 aromatic carbocycles. The number of aromatic carboxylic acids is 1. The van der Waals surface area contributed by atoms with E-state index in [-0.39, 0.29) is 0 Å². The zero-order valence-electron chi connectivity index (χ0n) is 11.7. The Bertz CT molecular complexity index is 540. The highest BCUT2D eigenvalue weighted by molar-refractivity contribution is 5.86. The first-order valence-corrected chi connectivity index (χ1v) is 6.22. The standard InChI is InChI=1S/C12H17F2N3O3/c1-11(2)5-6(12(3,4)20-11)17-8(9(13)14)7(10(18)19)15-16-17/h6,9H,5H2,1-4H3,(H,18,19). The Balaban J connectivity index is 2.51. The van der Waals surface area contributed by atoms with E-state index in [1.54, 1.807) is 13.8 Å². The molecule has 1 aromatic heterocycles. The predicted octanol–water partition coefficient (Wildman–Crippen LogP) is 2.43. The smallest absolute Gasteiger partial charge is 0.358 e. The minimum Gasteiger partial charge on any atom is -0.476 e. The predicted molar refractivity (Wildman–Crippen MR) is 64.8 cm³/mol. The molecule has 8 heteroatoms. The number of carboxylic acids is 1. The molecule has 6 nitrogen and oxygen atoms in total. The van der Waals surface area contributed by atoms with Crippen LogP contribution in [0.4, 0.5) is 8.78 Å². The first-order chi connectivity index (χ1) is 9.05. The van der Waals surface area contributed by atoms with Gasteiger partial charge in [-0.1, -0.05) is 5.21 Å². The molecule has 112 valence electrons. The highest BCUT2D eigenvalue weighted by atomic mass is 19.3. The van der Waals surface area contributed by atoms with Crippen molar-refractivity contribution in [1.82, 2.24) is 15.0 Å². The van der Waals surface area contributed by atoms with Crippen LogP contribution in [0.15, 0.2) is 0 Å². The van der Waals surface area contributed by atoms with Crippen molar-refractivity contribution in [2.24, 2.45) is 0 Å². The van der Waals surface area contributed by atoms with E-state index < -0.39 is 41.0 Å². The van der Waals surface area contributed by atoms with E-state index in [1.807, 2.05) is 13.8 Å². The lowest BCUT2D eigenvalue weighted by Crippen LogP contribution is -2.32. The Morgan fingerprint density at radius 3 is 2.45 bits per heavy atom. The van der Waals surface area contributed by atoms with Crippen molar-refractivity contribution in [1.29, 1.82) is 0 Å². The van der Waals surface area contributed by atoms with Crippen molar-refractivity contribution in [3.8, 4) is 0 Å². The van der Waals surface area contributed by atoms with Gasteiger partial charge in [-0.05, 0) is 27.7 Å². The Labute approximate surface area is 114 Å². The van der Waals surface area contributed by atoms with Gasteiger partial charge in [-0.3, -0.25) is 0 Å². The van der Waals surface area contributed by atoms with Crippen LogP contribution in [-0.4, -0.2) is 37.3 Å². The first-order valence-electron chi connectivity index (χ1n) is 6.22. The fraction of sp³-hybridized carbons (Fsp3) is 0.750. The average Bonchev–Trinajstić information content (AvgIpc) is 2.75. The van der Waals surface area contributed by atoms with E-state index in [0.717, 1.165) is 4.68 Å². The van der Waals surface area contributed by atoms with Gasteiger partial charge in [0.25, 0.3) is 6.43 Å². The largest absolute Gasteiger partial charge is 0.476 e. The molecule has 2 rings (SSSR count). The second kappa shape index (κ2) is 4.47. The molecule has 1 saturated heterocycles. The number of ether oxygens (including phenoxy) is 1. The monoisotopic (exact) mass is 289 g/mol. The molecule has 1 aliphatic rings. The summed E-state index contributed by atoms with van der Waals surface area (Å²) in [4.78, 5) is 11.0. The summed E-state index contributed by atoms with van der Waals surface area (Å²) in [6.45, 7) is 7.24. The van der Waals surface area contributed by atoms with Gasteiger partial charge in [-0.2, -0.15) is 0 Å². The van der Waals surface area contributed by atoms with Crippen molar-refractivity contribution in [2.75, 3.05) is 0 Å². The molecular formula is C12H17F2N3O3. The number of hydrogen-bond acceptors (Lipinski definition) is 4. The highest BCUT2D eigenvalue weighted by Gasteiger charge is 2.49. The lowest BCUT2D eigenvalue weighted by atomic mass is 9.94. The van der Waals surface area contributed by atoms with Gasteiger partial charge in [-0.15, -0.1) is 5.10 Å². The minimum atomic E-state index is -2.96. The van der Waals surface area contributed by atoms with Crippen molar-refractivity contribution >= 4 is 5.97 Å². The van der Waals surface area contributed by atoms with Crippen LogP contribution in [0.1, 0.15) is 62.8 Å². The van der Waals surface area contributed by atoms with E-state index in [2.05, 4.69) is 10.3 Å². The number of rotatable bonds is 3. The van der Waals surface area contributed by atoms with Gasteiger partial charge >= 0.3 is 5.97 Å². The quantitative estimate of drug-likeness (QED) is 0.924. The number of nitrogens with zero attached hydrogens (tertiary/aromatic N) is 3. The summed E-state index contributed by atoms with van der Waals surface area (Å²) in [5.41, 5.74) is -2.61. The topological polar surface area (TPSA) is 77.2 Å². The van der Waals surface area contributed by atoms with Crippen LogP contribution in [0.5, 0.6) is 0 Å². The molecule has 0 bridgehead atoms. The molecule has 0 spiro atoms. The maximum Gasteiger partial charge on any atom is 0.358 e. The van der Waals surface area contributed by atoms with Gasteiger partial charge in [0, 0.05) is 6.42 Å². The number of aromatic nitrogens is 3. The van der Waals surface area contributed by atoms with Gasteiger partial charge in [-0.25, -0.2) is 18.3 Å². The van der Waals surface area contributed by atoms with Gasteiger partial charge in [0.2, 0.25) is 0 Å². The second-order valence-electron chi connectivity index (χ2n) is 6.06. The number of hydrogen-bond donors (Lipinski definition) is 1. The number of carboxylic acid groups (broad SMARTS) is 1. The van der Waals surface area contributed by atoms with Crippen molar-refractivity contribution in [2.45, 2.75) is 57.8 Å². The third-order valence-corrected chi connectivity index (χ3v) is 3.46. The Kier molecular flexibility index (Phi) is 3.32. The van der Waals surface area contributed by atoms with Crippen LogP contribution in [-0.2, 0) is 4.74 Å². The zero-order chi connectivity index (χ0) is 15.3. The molecule has 0 amide bonds. The number of carbonyl (C=O) groups is 1. The van der Waals surface area contributed by atoms with E-state index >= 15 is 0 Å². The van der Waals surface area contributed by atoms with Crippen molar-refractivity contribution in [3.05, 3.63) is 11.4 Å². The molecule has 1 N–H and O–H groups in total. The minimum absolute atomic E-state index is 0.447. The Morgan fingerprint density at radius 2 is 2.05 bits per heavy atom. The molecule has 2 heterocycles. The summed E-state index contributed by atoms with van der Waals surface area (Å²) in [7, 11) is 0. The molecule has 20 heavy (non-hydrogen) atoms. The van der Waals surface area contributed by atoms with E-state index in [4.69, 9.17) is 9.84 Å². The van der Waals surface area contributed by atoms with Gasteiger partial charge in [0.05, 0.1) is 17.2 Å². The van der Waals surface area contributed by atoms with Gasteiger partial charge < -0.3 is 9.84 Å². The average molecular weight is 289 g/mol. The number of alkyl halides is 2. The molecule has 0 radical (unpaired) electrons. The maximum absolute atomic E-state index is 13.2. The van der Waals surface area contributed by atoms with Crippen LogP contribution in [0, 0.1) is 0 Å². The molecule has 1 unspecified atom stereocenters. The number of halogens is 2. The van der Waals surface area contributed by atoms with Gasteiger partial charge in [0.15, 0.2) is 5.69 Å². The molecule has 1 fully saturated rings. The van der Waals surface area contributed by atoms with Crippen LogP contribution >= 0.6 is 0 Å². The SMILES string of the molecule is CC1(C)CC(n2nnc(C(=O)O)c2C(F)F)C(C)(C)O1. The highest BCUT2D eigenvalue weighted by Crippen LogP contribution is 2.45. The van der Waals surface area contributed by atoms with Crippen LogP contribution < -0.4 is 0 Å². The Hall–Kier alpha value is -1.57. The molecule has 1 aromatic rings. The normalized spacial score (nSPS) is 24.2. The summed E-state index contributed by atoms with van der Waals surface area (Å²) in [6, 6.07) is -0.498. The van der Waals surface area contributed by atoms with Crippen LogP contribution in [0.2, 0.25) is 0 Å². The van der Waals surface area contributed by atoms with Gasteiger partial charge in [0.1, 0.15) is 5.69 Å². The van der Waals surface area contributed by atoms with Crippen LogP contribution in [0.3, 0.4) is 0 Å². The van der Waals surface area contributed by atoms with Crippen molar-refractivity contribution < 1.29 is 23.4 Å². The molecular weight excluding hydrogens is 272 g/mol. The summed E-state index contributed by atoms with van der Waals surface area (Å²) in [6.07, 6.45) is -2.52. The lowest BCUT2D eigenvalue weighted by molar-refractivity contribution is -0.0745.